The molecule has 0 radical (unpaired) electrons. The van der Waals surface area contributed by atoms with E-state index in [-0.39, 0.29) is 5.91 Å². The van der Waals surface area contributed by atoms with Crippen LogP contribution in [0.1, 0.15) is 26.2 Å². The average Bonchev–Trinajstić information content (AvgIpc) is 2.34. The zero-order valence-corrected chi connectivity index (χ0v) is 7.18. The molecular formula is C8H16N2O. The van der Waals surface area contributed by atoms with Gasteiger partial charge in [-0.15, -0.1) is 0 Å². The smallest absolute Gasteiger partial charge is 0.217 e. The highest BCUT2D eigenvalue weighted by Gasteiger charge is 2.23. The predicted octanol–water partition coefficient (Wildman–Crippen LogP) is 0.263. The molecule has 64 valence electrons. The van der Waals surface area contributed by atoms with E-state index < -0.39 is 0 Å². The second kappa shape index (κ2) is 3.72. The zero-order valence-electron chi connectivity index (χ0n) is 7.18. The number of amides is 1. The number of carbonyl (C=O) groups excluding carboxylic acids is 1. The van der Waals surface area contributed by atoms with Gasteiger partial charge in [0.25, 0.3) is 0 Å². The molecule has 1 aliphatic carbocycles. The van der Waals surface area contributed by atoms with Crippen LogP contribution >= 0.6 is 0 Å². The minimum absolute atomic E-state index is 0.0896. The summed E-state index contributed by atoms with van der Waals surface area (Å²) < 4.78 is 0. The maximum absolute atomic E-state index is 10.7. The fraction of sp³-hybridized carbons (Fsp3) is 0.875. The van der Waals surface area contributed by atoms with E-state index >= 15 is 0 Å². The first-order valence-corrected chi connectivity index (χ1v) is 4.16. The van der Waals surface area contributed by atoms with Crippen molar-refractivity contribution in [3.05, 3.63) is 0 Å². The van der Waals surface area contributed by atoms with Gasteiger partial charge in [-0.05, 0) is 26.3 Å². The molecule has 0 aromatic carbocycles. The lowest BCUT2D eigenvalue weighted by Gasteiger charge is -2.10. The molecule has 0 spiro atoms. The number of carbonyl (C=O) groups is 1. The third kappa shape index (κ3) is 2.50. The predicted molar refractivity (Wildman–Crippen MR) is 44.3 cm³/mol. The summed E-state index contributed by atoms with van der Waals surface area (Å²) in [4.78, 5) is 10.7. The van der Waals surface area contributed by atoms with Gasteiger partial charge in [-0.1, -0.05) is 0 Å². The molecule has 2 unspecified atom stereocenters. The number of hydrogen-bond donors (Lipinski definition) is 2. The largest absolute Gasteiger partial charge is 0.354 e. The Morgan fingerprint density at radius 3 is 2.45 bits per heavy atom. The molecule has 2 N–H and O–H groups in total. The van der Waals surface area contributed by atoms with Crippen LogP contribution in [0.4, 0.5) is 0 Å². The Bertz CT molecular complexity index is 147. The summed E-state index contributed by atoms with van der Waals surface area (Å²) in [6.45, 7) is 1.58. The first-order valence-electron chi connectivity index (χ1n) is 4.16. The van der Waals surface area contributed by atoms with E-state index in [1.165, 1.54) is 6.42 Å². The van der Waals surface area contributed by atoms with Crippen molar-refractivity contribution in [1.82, 2.24) is 10.6 Å². The van der Waals surface area contributed by atoms with Gasteiger partial charge in [0.15, 0.2) is 0 Å². The van der Waals surface area contributed by atoms with Crippen LogP contribution in [0, 0.1) is 0 Å². The van der Waals surface area contributed by atoms with E-state index in [2.05, 4.69) is 10.6 Å². The lowest BCUT2D eigenvalue weighted by molar-refractivity contribution is -0.119. The molecule has 1 amide bonds. The second-order valence-corrected chi connectivity index (χ2v) is 3.20. The van der Waals surface area contributed by atoms with Gasteiger partial charge in [0.05, 0.1) is 0 Å². The number of nitrogens with one attached hydrogen (secondary N) is 2. The third-order valence-electron chi connectivity index (χ3n) is 2.25. The van der Waals surface area contributed by atoms with Gasteiger partial charge in [-0.25, -0.2) is 0 Å². The molecular weight excluding hydrogens is 140 g/mol. The van der Waals surface area contributed by atoms with Gasteiger partial charge in [0.2, 0.25) is 5.91 Å². The quantitative estimate of drug-likeness (QED) is 0.602. The molecule has 1 rings (SSSR count). The highest BCUT2D eigenvalue weighted by molar-refractivity contribution is 5.73. The summed E-state index contributed by atoms with van der Waals surface area (Å²) in [7, 11) is 1.97. The topological polar surface area (TPSA) is 41.1 Å². The molecule has 1 saturated carbocycles. The molecule has 0 aliphatic heterocycles. The second-order valence-electron chi connectivity index (χ2n) is 3.20. The molecule has 3 heteroatoms. The molecule has 1 fully saturated rings. The van der Waals surface area contributed by atoms with Crippen molar-refractivity contribution in [3.8, 4) is 0 Å². The fourth-order valence-electron chi connectivity index (χ4n) is 1.66. The third-order valence-corrected chi connectivity index (χ3v) is 2.25. The van der Waals surface area contributed by atoms with E-state index in [1.54, 1.807) is 6.92 Å². The molecule has 0 saturated heterocycles. The SMILES string of the molecule is CNC1CCC(NC(C)=O)C1. The molecule has 0 aromatic heterocycles. The molecule has 11 heavy (non-hydrogen) atoms. The lowest BCUT2D eigenvalue weighted by atomic mass is 10.2. The van der Waals surface area contributed by atoms with Crippen LogP contribution in [0.5, 0.6) is 0 Å². The standard InChI is InChI=1S/C8H16N2O/c1-6(11)10-8-4-3-7(5-8)9-2/h7-9H,3-5H2,1-2H3,(H,10,11). The Kier molecular flexibility index (Phi) is 2.88. The van der Waals surface area contributed by atoms with Crippen LogP contribution in [0.3, 0.4) is 0 Å². The first-order chi connectivity index (χ1) is 5.22. The highest BCUT2D eigenvalue weighted by atomic mass is 16.1. The Morgan fingerprint density at radius 2 is 2.00 bits per heavy atom. The van der Waals surface area contributed by atoms with Crippen molar-refractivity contribution in [2.45, 2.75) is 38.3 Å². The molecule has 1 aliphatic rings. The summed E-state index contributed by atoms with van der Waals surface area (Å²) in [5.41, 5.74) is 0. The maximum Gasteiger partial charge on any atom is 0.217 e. The molecule has 0 heterocycles. The van der Waals surface area contributed by atoms with Crippen LogP contribution in [0.25, 0.3) is 0 Å². The van der Waals surface area contributed by atoms with Crippen molar-refractivity contribution < 1.29 is 4.79 Å². The van der Waals surface area contributed by atoms with Gasteiger partial charge < -0.3 is 10.6 Å². The van der Waals surface area contributed by atoms with Gasteiger partial charge in [-0.3, -0.25) is 4.79 Å². The van der Waals surface area contributed by atoms with Crippen molar-refractivity contribution in [2.24, 2.45) is 0 Å². The van der Waals surface area contributed by atoms with E-state index in [0.717, 1.165) is 12.8 Å². The minimum atomic E-state index is 0.0896. The van der Waals surface area contributed by atoms with Gasteiger partial charge >= 0.3 is 0 Å². The van der Waals surface area contributed by atoms with Gasteiger partial charge in [-0.2, -0.15) is 0 Å². The Balaban J connectivity index is 2.24. The summed E-state index contributed by atoms with van der Waals surface area (Å²) in [6.07, 6.45) is 3.38. The summed E-state index contributed by atoms with van der Waals surface area (Å²) >= 11 is 0. The molecule has 0 bridgehead atoms. The van der Waals surface area contributed by atoms with Crippen molar-refractivity contribution in [2.75, 3.05) is 7.05 Å². The Hall–Kier alpha value is -0.570. The highest BCUT2D eigenvalue weighted by Crippen LogP contribution is 2.18. The lowest BCUT2D eigenvalue weighted by Crippen LogP contribution is -2.32. The maximum atomic E-state index is 10.7. The van der Waals surface area contributed by atoms with E-state index in [9.17, 15) is 4.79 Å². The van der Waals surface area contributed by atoms with E-state index in [1.807, 2.05) is 7.05 Å². The zero-order chi connectivity index (χ0) is 8.27. The minimum Gasteiger partial charge on any atom is -0.354 e. The van der Waals surface area contributed by atoms with Crippen molar-refractivity contribution >= 4 is 5.91 Å². The number of rotatable bonds is 2. The van der Waals surface area contributed by atoms with Crippen molar-refractivity contribution in [3.63, 3.8) is 0 Å². The molecule has 2 atom stereocenters. The van der Waals surface area contributed by atoms with Crippen LogP contribution in [0.15, 0.2) is 0 Å². The Labute approximate surface area is 67.5 Å². The van der Waals surface area contributed by atoms with Crippen molar-refractivity contribution in [1.29, 1.82) is 0 Å². The number of hydrogen-bond acceptors (Lipinski definition) is 2. The van der Waals surface area contributed by atoms with Crippen LogP contribution in [-0.2, 0) is 4.79 Å². The van der Waals surface area contributed by atoms with Gasteiger partial charge in [0, 0.05) is 19.0 Å². The first kappa shape index (κ1) is 8.53. The van der Waals surface area contributed by atoms with Crippen LogP contribution in [-0.4, -0.2) is 25.0 Å². The average molecular weight is 156 g/mol. The van der Waals surface area contributed by atoms with E-state index in [0.29, 0.717) is 12.1 Å². The summed E-state index contributed by atoms with van der Waals surface area (Å²) in [5, 5.41) is 6.14. The summed E-state index contributed by atoms with van der Waals surface area (Å²) in [5.74, 6) is 0.0896. The van der Waals surface area contributed by atoms with Crippen LogP contribution in [0.2, 0.25) is 0 Å². The molecule has 3 nitrogen and oxygen atoms in total. The van der Waals surface area contributed by atoms with Gasteiger partial charge in [0.1, 0.15) is 0 Å². The summed E-state index contributed by atoms with van der Waals surface area (Å²) in [6, 6.07) is 1.01. The van der Waals surface area contributed by atoms with Crippen LogP contribution < -0.4 is 10.6 Å². The monoisotopic (exact) mass is 156 g/mol. The normalized spacial score (nSPS) is 30.4. The fourth-order valence-corrected chi connectivity index (χ4v) is 1.66. The Morgan fingerprint density at radius 1 is 1.36 bits per heavy atom. The van der Waals surface area contributed by atoms with E-state index in [4.69, 9.17) is 0 Å². The molecule has 0 aromatic rings.